The van der Waals surface area contributed by atoms with Gasteiger partial charge in [0.25, 0.3) is 0 Å². The first-order valence-electron chi connectivity index (χ1n) is 3.95. The topological polar surface area (TPSA) is 26.0 Å². The van der Waals surface area contributed by atoms with Crippen LogP contribution >= 0.6 is 11.6 Å². The maximum Gasteiger partial charge on any atom is 0.415 e. The third-order valence-electron chi connectivity index (χ3n) is 1.54. The molecule has 0 saturated heterocycles. The number of halogens is 4. The normalized spacial score (nSPS) is 13.9. The van der Waals surface area contributed by atoms with E-state index in [1.54, 1.807) is 6.92 Å². The minimum absolute atomic E-state index is 0.0292. The zero-order chi connectivity index (χ0) is 12.2. The van der Waals surface area contributed by atoms with Crippen LogP contribution in [0.25, 0.3) is 0 Å². The Hall–Kier alpha value is -1.16. The highest BCUT2D eigenvalue weighted by Crippen LogP contribution is 2.29. The molecule has 5 heteroatoms. The number of hydrogen-bond acceptors (Lipinski definition) is 1. The van der Waals surface area contributed by atoms with E-state index in [1.807, 2.05) is 0 Å². The smallest absolute Gasteiger partial charge is 0.399 e. The van der Waals surface area contributed by atoms with Gasteiger partial charge in [-0.05, 0) is 13.0 Å². The summed E-state index contributed by atoms with van der Waals surface area (Å²) in [5.74, 6) is 0. The van der Waals surface area contributed by atoms with E-state index >= 15 is 0 Å². The van der Waals surface area contributed by atoms with Gasteiger partial charge >= 0.3 is 6.18 Å². The van der Waals surface area contributed by atoms with Crippen molar-refractivity contribution in [1.29, 1.82) is 0 Å². The number of allylic oxidation sites excluding steroid dienone is 4. The minimum Gasteiger partial charge on any atom is -0.399 e. The van der Waals surface area contributed by atoms with Crippen LogP contribution < -0.4 is 5.73 Å². The highest BCUT2D eigenvalue weighted by Gasteiger charge is 2.30. The summed E-state index contributed by atoms with van der Waals surface area (Å²) in [6, 6.07) is 0. The van der Waals surface area contributed by atoms with E-state index in [2.05, 4.69) is 13.2 Å². The fourth-order valence-electron chi connectivity index (χ4n) is 0.727. The van der Waals surface area contributed by atoms with Crippen molar-refractivity contribution in [3.05, 3.63) is 47.2 Å². The van der Waals surface area contributed by atoms with Crippen molar-refractivity contribution in [2.45, 2.75) is 13.1 Å². The minimum atomic E-state index is -4.49. The molecule has 0 saturated carbocycles. The second-order valence-corrected chi connectivity index (χ2v) is 3.15. The molecule has 84 valence electrons. The van der Waals surface area contributed by atoms with Gasteiger partial charge in [-0.3, -0.25) is 0 Å². The molecule has 2 N–H and O–H groups in total. The molecule has 0 rings (SSSR count). The molecule has 15 heavy (non-hydrogen) atoms. The van der Waals surface area contributed by atoms with Crippen LogP contribution in [0.4, 0.5) is 13.2 Å². The Balaban J connectivity index is 5.21. The molecule has 0 aliphatic rings. The molecule has 0 aromatic rings. The summed E-state index contributed by atoms with van der Waals surface area (Å²) in [6.45, 7) is 7.80. The fraction of sp³-hybridized carbons (Fsp3) is 0.200. The Kier molecular flexibility index (Phi) is 4.68. The van der Waals surface area contributed by atoms with Gasteiger partial charge in [-0.2, -0.15) is 13.2 Å². The maximum atomic E-state index is 12.2. The third-order valence-corrected chi connectivity index (χ3v) is 1.96. The Morgan fingerprint density at radius 2 is 1.80 bits per heavy atom. The van der Waals surface area contributed by atoms with Crippen molar-refractivity contribution < 1.29 is 13.2 Å². The monoisotopic (exact) mass is 237 g/mol. The second kappa shape index (κ2) is 5.07. The second-order valence-electron chi connectivity index (χ2n) is 2.74. The summed E-state index contributed by atoms with van der Waals surface area (Å²) in [5, 5.41) is 0.105. The first-order valence-corrected chi connectivity index (χ1v) is 4.32. The van der Waals surface area contributed by atoms with Gasteiger partial charge in [0.15, 0.2) is 0 Å². The average Bonchev–Trinajstić information content (AvgIpc) is 2.10. The van der Waals surface area contributed by atoms with Gasteiger partial charge in [0.2, 0.25) is 0 Å². The summed E-state index contributed by atoms with van der Waals surface area (Å²) in [5.41, 5.74) is 4.28. The van der Waals surface area contributed by atoms with Gasteiger partial charge in [-0.1, -0.05) is 30.8 Å². The molecule has 0 fully saturated rings. The van der Waals surface area contributed by atoms with Crippen molar-refractivity contribution in [1.82, 2.24) is 0 Å². The quantitative estimate of drug-likeness (QED) is 0.745. The van der Waals surface area contributed by atoms with E-state index in [0.29, 0.717) is 0 Å². The van der Waals surface area contributed by atoms with Crippen LogP contribution in [0.2, 0.25) is 0 Å². The van der Waals surface area contributed by atoms with Crippen molar-refractivity contribution in [2.75, 3.05) is 0 Å². The van der Waals surface area contributed by atoms with E-state index in [4.69, 9.17) is 17.3 Å². The molecule has 0 spiro atoms. The average molecular weight is 238 g/mol. The fourth-order valence-corrected chi connectivity index (χ4v) is 0.903. The molecule has 0 amide bonds. The number of nitrogens with two attached hydrogens (primary N) is 1. The summed E-state index contributed by atoms with van der Waals surface area (Å²) < 4.78 is 36.5. The number of alkyl halides is 3. The van der Waals surface area contributed by atoms with Crippen molar-refractivity contribution in [2.24, 2.45) is 5.73 Å². The van der Waals surface area contributed by atoms with E-state index in [9.17, 15) is 13.2 Å². The molecule has 0 aromatic carbocycles. The zero-order valence-corrected chi connectivity index (χ0v) is 8.91. The SMILES string of the molecule is C=C(N)C(=C/C(=C)C(F)(F)F)/C(Cl)=C\C. The highest BCUT2D eigenvalue weighted by atomic mass is 35.5. The van der Waals surface area contributed by atoms with Crippen molar-refractivity contribution in [3.63, 3.8) is 0 Å². The molecule has 0 aromatic heterocycles. The molecule has 0 heterocycles. The van der Waals surface area contributed by atoms with Gasteiger partial charge in [0.1, 0.15) is 0 Å². The van der Waals surface area contributed by atoms with E-state index in [0.717, 1.165) is 6.08 Å². The van der Waals surface area contributed by atoms with E-state index in [-0.39, 0.29) is 16.3 Å². The van der Waals surface area contributed by atoms with Gasteiger partial charge in [-0.15, -0.1) is 0 Å². The lowest BCUT2D eigenvalue weighted by molar-refractivity contribution is -0.0878. The van der Waals surface area contributed by atoms with Crippen LogP contribution in [0, 0.1) is 0 Å². The van der Waals surface area contributed by atoms with E-state index < -0.39 is 11.7 Å². The first kappa shape index (κ1) is 13.8. The first-order chi connectivity index (χ1) is 6.70. The molecule has 0 unspecified atom stereocenters. The molecule has 0 aliphatic heterocycles. The van der Waals surface area contributed by atoms with Gasteiger partial charge < -0.3 is 5.73 Å². The van der Waals surface area contributed by atoms with Crippen molar-refractivity contribution >= 4 is 11.6 Å². The lowest BCUT2D eigenvalue weighted by atomic mass is 10.1. The summed E-state index contributed by atoms with van der Waals surface area (Å²) in [6.07, 6.45) is -2.30. The number of rotatable bonds is 3. The van der Waals surface area contributed by atoms with E-state index in [1.165, 1.54) is 6.08 Å². The van der Waals surface area contributed by atoms with Gasteiger partial charge in [-0.25, -0.2) is 0 Å². The van der Waals surface area contributed by atoms with Gasteiger partial charge in [0.05, 0.1) is 0 Å². The lowest BCUT2D eigenvalue weighted by Gasteiger charge is -2.09. The lowest BCUT2D eigenvalue weighted by Crippen LogP contribution is -2.10. The van der Waals surface area contributed by atoms with Crippen molar-refractivity contribution in [3.8, 4) is 0 Å². The predicted molar refractivity (Wildman–Crippen MR) is 56.2 cm³/mol. The highest BCUT2D eigenvalue weighted by molar-refractivity contribution is 6.32. The Morgan fingerprint density at radius 3 is 2.07 bits per heavy atom. The number of hydrogen-bond donors (Lipinski definition) is 1. The largest absolute Gasteiger partial charge is 0.415 e. The summed E-state index contributed by atoms with van der Waals surface area (Å²) >= 11 is 5.66. The summed E-state index contributed by atoms with van der Waals surface area (Å²) in [4.78, 5) is 0. The molecule has 0 bridgehead atoms. The van der Waals surface area contributed by atoms with Crippen LogP contribution in [0.3, 0.4) is 0 Å². The third kappa shape index (κ3) is 4.25. The molecule has 1 nitrogen and oxygen atoms in total. The molecule has 0 aliphatic carbocycles. The zero-order valence-electron chi connectivity index (χ0n) is 8.16. The van der Waals surface area contributed by atoms with Crippen LogP contribution in [-0.4, -0.2) is 6.18 Å². The van der Waals surface area contributed by atoms with Crippen LogP contribution in [0.5, 0.6) is 0 Å². The molecular formula is C10H11ClF3N. The Bertz CT molecular complexity index is 337. The standard InChI is InChI=1S/C10H11ClF3N/c1-4-9(11)8(7(3)15)5-6(2)10(12,13)14/h4-5H,2-3,15H2,1H3/b8-5-,9-4+. The molecular weight excluding hydrogens is 227 g/mol. The predicted octanol–water partition coefficient (Wildman–Crippen LogP) is 3.65. The maximum absolute atomic E-state index is 12.2. The molecule has 0 atom stereocenters. The van der Waals surface area contributed by atoms with Crippen LogP contribution in [0.1, 0.15) is 6.92 Å². The Labute approximate surface area is 91.4 Å². The van der Waals surface area contributed by atoms with Gasteiger partial charge in [0, 0.05) is 21.9 Å². The summed E-state index contributed by atoms with van der Waals surface area (Å²) in [7, 11) is 0. The Morgan fingerprint density at radius 1 is 1.33 bits per heavy atom. The van der Waals surface area contributed by atoms with Crippen LogP contribution in [0.15, 0.2) is 47.2 Å². The molecule has 0 radical (unpaired) electrons. The van der Waals surface area contributed by atoms with Crippen LogP contribution in [-0.2, 0) is 0 Å².